The third-order valence-electron chi connectivity index (χ3n) is 2.77. The van der Waals surface area contributed by atoms with Crippen LogP contribution in [0.25, 0.3) is 0 Å². The number of carbonyl (C=O) groups excluding carboxylic acids is 1. The van der Waals surface area contributed by atoms with Crippen LogP contribution in [0.2, 0.25) is 0 Å². The number of hydrogen-bond donors (Lipinski definition) is 0. The monoisotopic (exact) mass is 168 g/mol. The molecule has 1 saturated carbocycles. The van der Waals surface area contributed by atoms with Crippen LogP contribution in [0.1, 0.15) is 33.1 Å². The fourth-order valence-corrected chi connectivity index (χ4v) is 1.54. The van der Waals surface area contributed by atoms with Crippen LogP contribution in [0.15, 0.2) is 12.2 Å². The molecule has 0 aromatic heterocycles. The maximum atomic E-state index is 10.6. The van der Waals surface area contributed by atoms with Crippen molar-refractivity contribution in [3.8, 4) is 0 Å². The molecule has 0 aromatic carbocycles. The Bertz CT molecular complexity index is 202. The molecule has 1 aliphatic rings. The van der Waals surface area contributed by atoms with Crippen LogP contribution in [0.4, 0.5) is 0 Å². The second kappa shape index (κ2) is 3.30. The van der Waals surface area contributed by atoms with Crippen molar-refractivity contribution in [1.82, 2.24) is 0 Å². The molecule has 0 bridgehead atoms. The van der Waals surface area contributed by atoms with Crippen LogP contribution in [0.5, 0.6) is 0 Å². The second-order valence-corrected chi connectivity index (χ2v) is 3.69. The number of rotatable bonds is 3. The summed E-state index contributed by atoms with van der Waals surface area (Å²) in [6.45, 7) is 7.93. The summed E-state index contributed by atoms with van der Waals surface area (Å²) in [6.07, 6.45) is 3.47. The average molecular weight is 168 g/mol. The van der Waals surface area contributed by atoms with Gasteiger partial charge in [-0.25, -0.2) is 0 Å². The Morgan fingerprint density at radius 1 is 1.50 bits per heavy atom. The fraction of sp³-hybridized carbons (Fsp3) is 0.700. The van der Waals surface area contributed by atoms with E-state index < -0.39 is 0 Å². The van der Waals surface area contributed by atoms with Crippen LogP contribution in [-0.2, 0) is 9.53 Å². The molecule has 1 aliphatic carbocycles. The molecule has 0 N–H and O–H groups in total. The van der Waals surface area contributed by atoms with Crippen molar-refractivity contribution in [2.24, 2.45) is 5.41 Å². The average Bonchev–Trinajstić information content (AvgIpc) is 1.83. The summed E-state index contributed by atoms with van der Waals surface area (Å²) in [6, 6.07) is 0. The van der Waals surface area contributed by atoms with Gasteiger partial charge in [0.2, 0.25) is 0 Å². The predicted octanol–water partition coefficient (Wildman–Crippen LogP) is 2.30. The summed E-state index contributed by atoms with van der Waals surface area (Å²) < 4.78 is 5.01. The van der Waals surface area contributed by atoms with Gasteiger partial charge in [0.25, 0.3) is 0 Å². The molecule has 0 aliphatic heterocycles. The minimum absolute atomic E-state index is 0.117. The van der Waals surface area contributed by atoms with E-state index in [0.29, 0.717) is 6.61 Å². The highest BCUT2D eigenvalue weighted by molar-refractivity contribution is 5.66. The van der Waals surface area contributed by atoms with Crippen LogP contribution in [0, 0.1) is 5.41 Å². The van der Waals surface area contributed by atoms with Gasteiger partial charge >= 0.3 is 5.97 Å². The molecule has 12 heavy (non-hydrogen) atoms. The number of esters is 1. The second-order valence-electron chi connectivity index (χ2n) is 3.69. The molecule has 0 heterocycles. The van der Waals surface area contributed by atoms with E-state index in [-0.39, 0.29) is 11.4 Å². The largest absolute Gasteiger partial charge is 0.465 e. The van der Waals surface area contributed by atoms with Crippen molar-refractivity contribution in [2.75, 3.05) is 6.61 Å². The van der Waals surface area contributed by atoms with Gasteiger partial charge in [0.15, 0.2) is 0 Å². The van der Waals surface area contributed by atoms with Crippen molar-refractivity contribution < 1.29 is 9.53 Å². The maximum absolute atomic E-state index is 10.6. The lowest BCUT2D eigenvalue weighted by Crippen LogP contribution is -2.35. The summed E-state index contributed by atoms with van der Waals surface area (Å²) in [7, 11) is 0. The van der Waals surface area contributed by atoms with E-state index in [9.17, 15) is 4.79 Å². The standard InChI is InChI=1S/C10H16O2/c1-8(2)10(5-4-6-10)7-12-9(3)11/h1,4-7H2,2-3H3. The van der Waals surface area contributed by atoms with Crippen LogP contribution >= 0.6 is 0 Å². The van der Waals surface area contributed by atoms with Crippen molar-refractivity contribution in [3.05, 3.63) is 12.2 Å². The molecular formula is C10H16O2. The van der Waals surface area contributed by atoms with Gasteiger partial charge in [-0.2, -0.15) is 0 Å². The highest BCUT2D eigenvalue weighted by Crippen LogP contribution is 2.46. The lowest BCUT2D eigenvalue weighted by Gasteiger charge is -2.41. The summed E-state index contributed by atoms with van der Waals surface area (Å²) >= 11 is 0. The van der Waals surface area contributed by atoms with E-state index in [2.05, 4.69) is 6.58 Å². The number of ether oxygens (including phenoxy) is 1. The maximum Gasteiger partial charge on any atom is 0.302 e. The van der Waals surface area contributed by atoms with E-state index in [1.807, 2.05) is 6.92 Å². The quantitative estimate of drug-likeness (QED) is 0.477. The topological polar surface area (TPSA) is 26.3 Å². The first-order valence-corrected chi connectivity index (χ1v) is 4.36. The fourth-order valence-electron chi connectivity index (χ4n) is 1.54. The van der Waals surface area contributed by atoms with Gasteiger partial charge < -0.3 is 4.74 Å². The molecule has 0 unspecified atom stereocenters. The summed E-state index contributed by atoms with van der Waals surface area (Å²) in [5, 5.41) is 0. The van der Waals surface area contributed by atoms with E-state index >= 15 is 0 Å². The lowest BCUT2D eigenvalue weighted by molar-refractivity contribution is -0.145. The highest BCUT2D eigenvalue weighted by Gasteiger charge is 2.38. The minimum atomic E-state index is -0.192. The van der Waals surface area contributed by atoms with Crippen LogP contribution in [-0.4, -0.2) is 12.6 Å². The Morgan fingerprint density at radius 2 is 2.08 bits per heavy atom. The number of carbonyl (C=O) groups is 1. The lowest BCUT2D eigenvalue weighted by atomic mass is 9.65. The molecule has 1 rings (SSSR count). The van der Waals surface area contributed by atoms with Crippen molar-refractivity contribution >= 4 is 5.97 Å². The molecule has 0 amide bonds. The normalized spacial score (nSPS) is 19.5. The Balaban J connectivity index is 2.45. The molecule has 0 atom stereocenters. The zero-order valence-electron chi connectivity index (χ0n) is 7.85. The van der Waals surface area contributed by atoms with Crippen molar-refractivity contribution in [3.63, 3.8) is 0 Å². The van der Waals surface area contributed by atoms with Gasteiger partial charge in [-0.1, -0.05) is 18.6 Å². The Kier molecular flexibility index (Phi) is 2.55. The summed E-state index contributed by atoms with van der Waals surface area (Å²) in [4.78, 5) is 10.6. The van der Waals surface area contributed by atoms with E-state index in [1.165, 1.54) is 13.3 Å². The first-order chi connectivity index (χ1) is 5.57. The van der Waals surface area contributed by atoms with E-state index in [4.69, 9.17) is 4.74 Å². The van der Waals surface area contributed by atoms with Crippen LogP contribution in [0.3, 0.4) is 0 Å². The van der Waals surface area contributed by atoms with Gasteiger partial charge in [0, 0.05) is 12.3 Å². The zero-order chi connectivity index (χ0) is 9.19. The van der Waals surface area contributed by atoms with Gasteiger partial charge in [0.05, 0.1) is 0 Å². The minimum Gasteiger partial charge on any atom is -0.465 e. The van der Waals surface area contributed by atoms with Gasteiger partial charge in [-0.05, 0) is 19.8 Å². The molecule has 0 saturated heterocycles. The van der Waals surface area contributed by atoms with Crippen molar-refractivity contribution in [1.29, 1.82) is 0 Å². The third kappa shape index (κ3) is 1.68. The first kappa shape index (κ1) is 9.30. The SMILES string of the molecule is C=C(C)C1(COC(C)=O)CCC1. The highest BCUT2D eigenvalue weighted by atomic mass is 16.5. The van der Waals surface area contributed by atoms with E-state index in [0.717, 1.165) is 18.4 Å². The molecular weight excluding hydrogens is 152 g/mol. The molecule has 1 fully saturated rings. The predicted molar refractivity (Wildman–Crippen MR) is 47.7 cm³/mol. The Labute approximate surface area is 73.6 Å². The molecule has 0 spiro atoms. The molecule has 0 radical (unpaired) electrons. The smallest absolute Gasteiger partial charge is 0.302 e. The summed E-state index contributed by atoms with van der Waals surface area (Å²) in [5.41, 5.74) is 1.26. The van der Waals surface area contributed by atoms with Crippen LogP contribution < -0.4 is 0 Å². The Hall–Kier alpha value is -0.790. The number of hydrogen-bond acceptors (Lipinski definition) is 2. The first-order valence-electron chi connectivity index (χ1n) is 4.36. The van der Waals surface area contributed by atoms with Gasteiger partial charge in [0.1, 0.15) is 6.61 Å². The van der Waals surface area contributed by atoms with Crippen molar-refractivity contribution in [2.45, 2.75) is 33.1 Å². The van der Waals surface area contributed by atoms with Gasteiger partial charge in [-0.3, -0.25) is 4.79 Å². The third-order valence-corrected chi connectivity index (χ3v) is 2.77. The molecule has 68 valence electrons. The summed E-state index contributed by atoms with van der Waals surface area (Å²) in [5.74, 6) is -0.192. The Morgan fingerprint density at radius 3 is 2.33 bits per heavy atom. The molecule has 0 aromatic rings. The molecule has 2 nitrogen and oxygen atoms in total. The zero-order valence-corrected chi connectivity index (χ0v) is 7.85. The van der Waals surface area contributed by atoms with Gasteiger partial charge in [-0.15, -0.1) is 0 Å². The van der Waals surface area contributed by atoms with E-state index in [1.54, 1.807) is 0 Å². The molecule has 2 heteroatoms.